The van der Waals surface area contributed by atoms with Crippen LogP contribution in [0.25, 0.3) is 5.52 Å². The maximum Gasteiger partial charge on any atom is 0.260 e. The number of ether oxygens (including phenoxy) is 1. The second-order valence-electron chi connectivity index (χ2n) is 4.75. The molecule has 1 N–H and O–H groups in total. The summed E-state index contributed by atoms with van der Waals surface area (Å²) in [6.45, 7) is 5.47. The van der Waals surface area contributed by atoms with Crippen LogP contribution in [0.1, 0.15) is 26.6 Å². The third-order valence-corrected chi connectivity index (χ3v) is 4.42. The van der Waals surface area contributed by atoms with Crippen LogP contribution >= 0.6 is 0 Å². The molecule has 0 aliphatic carbocycles. The van der Waals surface area contributed by atoms with Crippen LogP contribution in [-0.2, 0) is 16.4 Å². The second kappa shape index (κ2) is 5.41. The zero-order valence-corrected chi connectivity index (χ0v) is 12.9. The van der Waals surface area contributed by atoms with E-state index in [-0.39, 0.29) is 11.1 Å². The predicted octanol–water partition coefficient (Wildman–Crippen LogP) is 1.59. The van der Waals surface area contributed by atoms with E-state index in [4.69, 9.17) is 4.74 Å². The van der Waals surface area contributed by atoms with Crippen molar-refractivity contribution in [1.82, 2.24) is 14.1 Å². The van der Waals surface area contributed by atoms with Gasteiger partial charge in [-0.05, 0) is 26.0 Å². The molecule has 0 amide bonds. The summed E-state index contributed by atoms with van der Waals surface area (Å²) in [6, 6.07) is 5.07. The summed E-state index contributed by atoms with van der Waals surface area (Å²) >= 11 is 0. The summed E-state index contributed by atoms with van der Waals surface area (Å²) in [4.78, 5) is 4.27. The van der Waals surface area contributed by atoms with Gasteiger partial charge in [0.05, 0.1) is 12.6 Å². The van der Waals surface area contributed by atoms with Gasteiger partial charge in [0.2, 0.25) is 0 Å². The molecule has 0 spiro atoms. The molecule has 110 valence electrons. The van der Waals surface area contributed by atoms with Crippen molar-refractivity contribution < 1.29 is 13.2 Å². The first-order valence-electron chi connectivity index (χ1n) is 6.47. The van der Waals surface area contributed by atoms with Crippen molar-refractivity contribution in [2.24, 2.45) is 0 Å². The number of rotatable bonds is 5. The Morgan fingerprint density at radius 2 is 2.10 bits per heavy atom. The molecule has 0 aliphatic heterocycles. The zero-order valence-electron chi connectivity index (χ0n) is 12.0. The number of pyridine rings is 1. The van der Waals surface area contributed by atoms with Gasteiger partial charge in [-0.1, -0.05) is 13.0 Å². The minimum atomic E-state index is -3.64. The van der Waals surface area contributed by atoms with Crippen LogP contribution in [0.15, 0.2) is 23.2 Å². The van der Waals surface area contributed by atoms with Crippen molar-refractivity contribution in [3.8, 4) is 5.88 Å². The summed E-state index contributed by atoms with van der Waals surface area (Å²) in [5.41, 5.74) is 0.523. The maximum absolute atomic E-state index is 12.4. The molecule has 0 atom stereocenters. The highest BCUT2D eigenvalue weighted by atomic mass is 32.2. The van der Waals surface area contributed by atoms with E-state index in [9.17, 15) is 8.42 Å². The summed E-state index contributed by atoms with van der Waals surface area (Å²) < 4.78 is 34.3. The molecule has 2 aromatic heterocycles. The van der Waals surface area contributed by atoms with Crippen LogP contribution in [0.2, 0.25) is 0 Å². The molecular weight excluding hydrogens is 278 g/mol. The van der Waals surface area contributed by atoms with E-state index in [1.165, 1.54) is 0 Å². The Morgan fingerprint density at radius 3 is 2.65 bits per heavy atom. The van der Waals surface area contributed by atoms with E-state index in [0.29, 0.717) is 23.6 Å². The first kappa shape index (κ1) is 14.8. The number of nitrogens with one attached hydrogen (secondary N) is 1. The van der Waals surface area contributed by atoms with Crippen molar-refractivity contribution in [1.29, 1.82) is 0 Å². The van der Waals surface area contributed by atoms with Crippen molar-refractivity contribution >= 4 is 15.5 Å². The standard InChI is InChI=1S/C13H19N3O3S/c1-5-11-14-13(20(17,18)15-9(2)3)10-7-6-8-12(19-4)16(10)11/h6-9,15H,5H2,1-4H3. The van der Waals surface area contributed by atoms with Crippen molar-refractivity contribution in [3.05, 3.63) is 24.0 Å². The Kier molecular flexibility index (Phi) is 4.01. The molecule has 2 rings (SSSR count). The third kappa shape index (κ3) is 2.51. The van der Waals surface area contributed by atoms with Gasteiger partial charge < -0.3 is 4.74 Å². The third-order valence-electron chi connectivity index (χ3n) is 2.83. The Balaban J connectivity index is 2.73. The highest BCUT2D eigenvalue weighted by Crippen LogP contribution is 2.24. The summed E-state index contributed by atoms with van der Waals surface area (Å²) in [5, 5.41) is 0.0435. The smallest absolute Gasteiger partial charge is 0.260 e. The minimum Gasteiger partial charge on any atom is -0.482 e. The first-order valence-corrected chi connectivity index (χ1v) is 7.95. The summed E-state index contributed by atoms with van der Waals surface area (Å²) in [5.74, 6) is 1.22. The van der Waals surface area contributed by atoms with Gasteiger partial charge in [-0.15, -0.1) is 0 Å². The quantitative estimate of drug-likeness (QED) is 0.909. The van der Waals surface area contributed by atoms with E-state index >= 15 is 0 Å². The number of sulfonamides is 1. The largest absolute Gasteiger partial charge is 0.482 e. The lowest BCUT2D eigenvalue weighted by molar-refractivity contribution is 0.390. The molecule has 2 aromatic rings. The molecule has 0 fully saturated rings. The summed E-state index contributed by atoms with van der Waals surface area (Å²) in [7, 11) is -2.09. The Hall–Kier alpha value is -1.60. The summed E-state index contributed by atoms with van der Waals surface area (Å²) in [6.07, 6.45) is 0.610. The van der Waals surface area contributed by atoms with Crippen LogP contribution in [0.5, 0.6) is 5.88 Å². The fourth-order valence-corrected chi connectivity index (χ4v) is 3.50. The average molecular weight is 297 g/mol. The van der Waals surface area contributed by atoms with Crippen molar-refractivity contribution in [3.63, 3.8) is 0 Å². The number of hydrogen-bond acceptors (Lipinski definition) is 4. The molecule has 7 heteroatoms. The molecule has 20 heavy (non-hydrogen) atoms. The molecule has 0 aromatic carbocycles. The molecule has 0 saturated carbocycles. The number of nitrogens with zero attached hydrogens (tertiary/aromatic N) is 2. The lowest BCUT2D eigenvalue weighted by Gasteiger charge is -2.08. The van der Waals surface area contributed by atoms with E-state index < -0.39 is 10.0 Å². The molecular formula is C13H19N3O3S. The maximum atomic E-state index is 12.4. The van der Waals surface area contributed by atoms with E-state index in [1.54, 1.807) is 43.6 Å². The second-order valence-corrected chi connectivity index (χ2v) is 6.38. The van der Waals surface area contributed by atoms with E-state index in [2.05, 4.69) is 9.71 Å². The minimum absolute atomic E-state index is 0.0435. The van der Waals surface area contributed by atoms with E-state index in [0.717, 1.165) is 0 Å². The number of aryl methyl sites for hydroxylation is 1. The topological polar surface area (TPSA) is 72.7 Å². The number of aromatic nitrogens is 2. The number of imidazole rings is 1. The number of methoxy groups -OCH3 is 1. The molecule has 0 unspecified atom stereocenters. The van der Waals surface area contributed by atoms with Crippen LogP contribution in [0.4, 0.5) is 0 Å². The SMILES string of the molecule is CCc1nc(S(=O)(=O)NC(C)C)c2cccc(OC)n12. The van der Waals surface area contributed by atoms with Crippen LogP contribution < -0.4 is 9.46 Å². The lowest BCUT2D eigenvalue weighted by atomic mass is 10.4. The molecule has 6 nitrogen and oxygen atoms in total. The predicted molar refractivity (Wildman–Crippen MR) is 76.6 cm³/mol. The van der Waals surface area contributed by atoms with Gasteiger partial charge in [0, 0.05) is 12.5 Å². The first-order chi connectivity index (χ1) is 9.40. The van der Waals surface area contributed by atoms with Gasteiger partial charge in [-0.2, -0.15) is 0 Å². The van der Waals surface area contributed by atoms with Gasteiger partial charge in [0.1, 0.15) is 5.82 Å². The monoisotopic (exact) mass is 297 g/mol. The van der Waals surface area contributed by atoms with Gasteiger partial charge in [-0.25, -0.2) is 18.1 Å². The van der Waals surface area contributed by atoms with Crippen molar-refractivity contribution in [2.45, 2.75) is 38.3 Å². The van der Waals surface area contributed by atoms with Gasteiger partial charge in [-0.3, -0.25) is 4.40 Å². The normalized spacial score (nSPS) is 12.2. The molecule has 0 saturated heterocycles. The molecule has 0 bridgehead atoms. The Morgan fingerprint density at radius 1 is 1.40 bits per heavy atom. The molecule has 2 heterocycles. The average Bonchev–Trinajstić information content (AvgIpc) is 2.76. The zero-order chi connectivity index (χ0) is 14.9. The number of hydrogen-bond donors (Lipinski definition) is 1. The van der Waals surface area contributed by atoms with Gasteiger partial charge >= 0.3 is 0 Å². The van der Waals surface area contributed by atoms with Crippen LogP contribution in [0.3, 0.4) is 0 Å². The van der Waals surface area contributed by atoms with E-state index in [1.807, 2.05) is 6.92 Å². The fourth-order valence-electron chi connectivity index (χ4n) is 2.11. The van der Waals surface area contributed by atoms with Gasteiger partial charge in [0.25, 0.3) is 10.0 Å². The van der Waals surface area contributed by atoms with Crippen LogP contribution in [-0.4, -0.2) is 31.0 Å². The fraction of sp³-hybridized carbons (Fsp3) is 0.462. The molecule has 0 aliphatic rings. The molecule has 0 radical (unpaired) electrons. The lowest BCUT2D eigenvalue weighted by Crippen LogP contribution is -2.30. The Labute approximate surface area is 118 Å². The highest BCUT2D eigenvalue weighted by molar-refractivity contribution is 7.89. The van der Waals surface area contributed by atoms with Crippen molar-refractivity contribution in [2.75, 3.05) is 7.11 Å². The number of fused-ring (bicyclic) bond motifs is 1. The highest BCUT2D eigenvalue weighted by Gasteiger charge is 2.24. The Bertz CT molecular complexity index is 720. The van der Waals surface area contributed by atoms with Crippen LogP contribution in [0, 0.1) is 0 Å². The van der Waals surface area contributed by atoms with Gasteiger partial charge in [0.15, 0.2) is 10.9 Å².